The van der Waals surface area contributed by atoms with Crippen molar-refractivity contribution in [1.29, 1.82) is 0 Å². The van der Waals surface area contributed by atoms with E-state index >= 15 is 0 Å². The van der Waals surface area contributed by atoms with Crippen LogP contribution in [0.1, 0.15) is 12.0 Å². The first-order valence-electron chi connectivity index (χ1n) is 7.16. The summed E-state index contributed by atoms with van der Waals surface area (Å²) in [4.78, 5) is 4.64. The first-order chi connectivity index (χ1) is 9.95. The van der Waals surface area contributed by atoms with Crippen LogP contribution in [0, 0.1) is 0 Å². The Labute approximate surface area is 135 Å². The average molecular weight is 339 g/mol. The van der Waals surface area contributed by atoms with Crippen LogP contribution in [0.3, 0.4) is 0 Å². The van der Waals surface area contributed by atoms with Crippen molar-refractivity contribution in [2.45, 2.75) is 12.6 Å². The maximum atomic E-state index is 12.6. The van der Waals surface area contributed by atoms with Gasteiger partial charge in [0.25, 0.3) is 0 Å². The Bertz CT molecular complexity index is 449. The third-order valence-electron chi connectivity index (χ3n) is 3.64. The summed E-state index contributed by atoms with van der Waals surface area (Å²) in [5, 5.41) is 0. The zero-order chi connectivity index (χ0) is 15.3. The van der Waals surface area contributed by atoms with Gasteiger partial charge in [-0.2, -0.15) is 13.2 Å². The fourth-order valence-corrected chi connectivity index (χ4v) is 2.31. The van der Waals surface area contributed by atoms with Crippen molar-refractivity contribution >= 4 is 12.4 Å². The highest BCUT2D eigenvalue weighted by molar-refractivity contribution is 5.85. The molecule has 7 heteroatoms. The highest BCUT2D eigenvalue weighted by atomic mass is 35.5. The monoisotopic (exact) mass is 338 g/mol. The molecule has 126 valence electrons. The molecule has 0 aromatic heterocycles. The van der Waals surface area contributed by atoms with E-state index in [9.17, 15) is 13.2 Å². The minimum atomic E-state index is -4.32. The molecule has 1 aliphatic rings. The predicted molar refractivity (Wildman–Crippen MR) is 82.7 cm³/mol. The summed E-state index contributed by atoms with van der Waals surface area (Å²) < 4.78 is 43.1. The van der Waals surface area contributed by atoms with E-state index in [2.05, 4.69) is 16.8 Å². The topological polar surface area (TPSA) is 15.7 Å². The van der Waals surface area contributed by atoms with Gasteiger partial charge in [-0.25, -0.2) is 0 Å². The largest absolute Gasteiger partial charge is 0.494 e. The highest BCUT2D eigenvalue weighted by Crippen LogP contribution is 2.31. The summed E-state index contributed by atoms with van der Waals surface area (Å²) in [5.74, 6) is 0.281. The molecular formula is C15H22ClF3N2O. The normalized spacial score (nSPS) is 17.1. The molecule has 1 saturated heterocycles. The van der Waals surface area contributed by atoms with Crippen LogP contribution < -0.4 is 4.74 Å². The lowest BCUT2D eigenvalue weighted by atomic mass is 10.2. The number of hydrogen-bond acceptors (Lipinski definition) is 3. The predicted octanol–water partition coefficient (Wildman–Crippen LogP) is 3.14. The van der Waals surface area contributed by atoms with E-state index in [1.54, 1.807) is 6.07 Å². The lowest BCUT2D eigenvalue weighted by Gasteiger charge is -2.32. The number of halogens is 4. The smallest absolute Gasteiger partial charge is 0.416 e. The molecule has 3 nitrogen and oxygen atoms in total. The first kappa shape index (κ1) is 19.1. The van der Waals surface area contributed by atoms with E-state index in [0.717, 1.165) is 51.3 Å². The van der Waals surface area contributed by atoms with Gasteiger partial charge in [0.15, 0.2) is 0 Å². The summed E-state index contributed by atoms with van der Waals surface area (Å²) >= 11 is 0. The number of nitrogens with zero attached hydrogens (tertiary/aromatic N) is 2. The molecule has 22 heavy (non-hydrogen) atoms. The summed E-state index contributed by atoms with van der Waals surface area (Å²) in [5.41, 5.74) is -0.668. The van der Waals surface area contributed by atoms with Crippen molar-refractivity contribution in [2.24, 2.45) is 0 Å². The van der Waals surface area contributed by atoms with Crippen LogP contribution in [-0.2, 0) is 6.18 Å². The summed E-state index contributed by atoms with van der Waals surface area (Å²) in [6.07, 6.45) is -3.50. The van der Waals surface area contributed by atoms with E-state index in [1.807, 2.05) is 0 Å². The van der Waals surface area contributed by atoms with Crippen LogP contribution in [0.4, 0.5) is 13.2 Å². The molecule has 1 aromatic carbocycles. The zero-order valence-corrected chi connectivity index (χ0v) is 13.4. The summed E-state index contributed by atoms with van der Waals surface area (Å²) in [6, 6.07) is 5.04. The molecule has 0 bridgehead atoms. The van der Waals surface area contributed by atoms with Gasteiger partial charge in [0.05, 0.1) is 12.2 Å². The van der Waals surface area contributed by atoms with E-state index in [0.29, 0.717) is 6.61 Å². The number of benzene rings is 1. The van der Waals surface area contributed by atoms with E-state index in [1.165, 1.54) is 6.07 Å². The van der Waals surface area contributed by atoms with Crippen molar-refractivity contribution in [3.05, 3.63) is 29.8 Å². The van der Waals surface area contributed by atoms with Crippen LogP contribution in [0.15, 0.2) is 24.3 Å². The lowest BCUT2D eigenvalue weighted by molar-refractivity contribution is -0.137. The average Bonchev–Trinajstić information content (AvgIpc) is 2.45. The summed E-state index contributed by atoms with van der Waals surface area (Å²) in [6.45, 7) is 5.57. The maximum Gasteiger partial charge on any atom is 0.416 e. The van der Waals surface area contributed by atoms with Gasteiger partial charge in [-0.15, -0.1) is 12.4 Å². The SMILES string of the molecule is CN1CCN(CCCOc2cccc(C(F)(F)F)c2)CC1.Cl. The molecule has 1 fully saturated rings. The number of piperazine rings is 1. The Balaban J connectivity index is 0.00000242. The van der Waals surface area contributed by atoms with E-state index in [-0.39, 0.29) is 18.2 Å². The van der Waals surface area contributed by atoms with Crippen molar-refractivity contribution in [3.63, 3.8) is 0 Å². The van der Waals surface area contributed by atoms with Crippen LogP contribution in [-0.4, -0.2) is 56.2 Å². The minimum Gasteiger partial charge on any atom is -0.494 e. The van der Waals surface area contributed by atoms with E-state index in [4.69, 9.17) is 4.74 Å². The number of likely N-dealkylation sites (N-methyl/N-ethyl adjacent to an activating group) is 1. The van der Waals surface area contributed by atoms with Crippen LogP contribution in [0.5, 0.6) is 5.75 Å². The van der Waals surface area contributed by atoms with Gasteiger partial charge in [0.2, 0.25) is 0 Å². The third kappa shape index (κ3) is 6.02. The molecule has 0 saturated carbocycles. The molecule has 1 aromatic rings. The van der Waals surface area contributed by atoms with Gasteiger partial charge in [-0.1, -0.05) is 6.07 Å². The maximum absolute atomic E-state index is 12.6. The lowest BCUT2D eigenvalue weighted by Crippen LogP contribution is -2.44. The molecule has 1 aliphatic heterocycles. The Morgan fingerprint density at radius 3 is 2.45 bits per heavy atom. The van der Waals surface area contributed by atoms with Crippen molar-refractivity contribution in [1.82, 2.24) is 9.80 Å². The van der Waals surface area contributed by atoms with Crippen molar-refractivity contribution in [2.75, 3.05) is 46.4 Å². The quantitative estimate of drug-likeness (QED) is 0.767. The minimum absolute atomic E-state index is 0. The molecule has 1 heterocycles. The fourth-order valence-electron chi connectivity index (χ4n) is 2.31. The number of alkyl halides is 3. The van der Waals surface area contributed by atoms with Gasteiger partial charge in [-0.05, 0) is 31.7 Å². The Hall–Kier alpha value is -0.980. The van der Waals surface area contributed by atoms with Gasteiger partial charge in [0.1, 0.15) is 5.75 Å². The third-order valence-corrected chi connectivity index (χ3v) is 3.64. The van der Waals surface area contributed by atoms with Gasteiger partial charge in [0, 0.05) is 32.7 Å². The van der Waals surface area contributed by atoms with Crippen LogP contribution in [0.25, 0.3) is 0 Å². The van der Waals surface area contributed by atoms with Gasteiger partial charge < -0.3 is 14.5 Å². The van der Waals surface area contributed by atoms with Crippen LogP contribution >= 0.6 is 12.4 Å². The molecular weight excluding hydrogens is 317 g/mol. The second-order valence-electron chi connectivity index (χ2n) is 5.37. The Kier molecular flexibility index (Phi) is 7.45. The second kappa shape index (κ2) is 8.60. The second-order valence-corrected chi connectivity index (χ2v) is 5.37. The highest BCUT2D eigenvalue weighted by Gasteiger charge is 2.30. The van der Waals surface area contributed by atoms with Gasteiger partial charge in [-0.3, -0.25) is 0 Å². The van der Waals surface area contributed by atoms with E-state index < -0.39 is 11.7 Å². The van der Waals surface area contributed by atoms with Crippen LogP contribution in [0.2, 0.25) is 0 Å². The fraction of sp³-hybridized carbons (Fsp3) is 0.600. The summed E-state index contributed by atoms with van der Waals surface area (Å²) in [7, 11) is 2.11. The van der Waals surface area contributed by atoms with Crippen molar-refractivity contribution in [3.8, 4) is 5.75 Å². The molecule has 0 spiro atoms. The molecule has 0 atom stereocenters. The molecule has 0 radical (unpaired) electrons. The van der Waals surface area contributed by atoms with Crippen molar-refractivity contribution < 1.29 is 17.9 Å². The molecule has 2 rings (SSSR count). The first-order valence-corrected chi connectivity index (χ1v) is 7.16. The number of ether oxygens (including phenoxy) is 1. The molecule has 0 amide bonds. The molecule has 0 unspecified atom stereocenters. The standard InChI is InChI=1S/C15H21F3N2O.ClH/c1-19-7-9-20(10-8-19)6-3-11-21-14-5-2-4-13(12-14)15(16,17)18;/h2,4-5,12H,3,6-11H2,1H3;1H. The Morgan fingerprint density at radius 2 is 1.82 bits per heavy atom. The number of hydrogen-bond donors (Lipinski definition) is 0. The zero-order valence-electron chi connectivity index (χ0n) is 12.6. The molecule has 0 aliphatic carbocycles. The number of rotatable bonds is 5. The molecule has 0 N–H and O–H groups in total. The van der Waals surface area contributed by atoms with Gasteiger partial charge >= 0.3 is 6.18 Å². The Morgan fingerprint density at radius 1 is 1.14 bits per heavy atom.